The quantitative estimate of drug-likeness (QED) is 0.569. The molecule has 2 heterocycles. The second-order valence-electron chi connectivity index (χ2n) is 7.37. The molecular formula is C23H25N3O5. The van der Waals surface area contributed by atoms with Crippen molar-refractivity contribution in [3.05, 3.63) is 65.3 Å². The fourth-order valence-corrected chi connectivity index (χ4v) is 3.65. The van der Waals surface area contributed by atoms with Crippen LogP contribution in [0.1, 0.15) is 46.5 Å². The molecule has 2 aromatic carbocycles. The highest BCUT2D eigenvalue weighted by atomic mass is 16.5. The number of nitrogens with zero attached hydrogens (tertiary/aromatic N) is 3. The molecule has 1 amide bonds. The molecule has 0 spiro atoms. The first-order chi connectivity index (χ1) is 15.1. The zero-order chi connectivity index (χ0) is 21.8. The van der Waals surface area contributed by atoms with Gasteiger partial charge in [-0.25, -0.2) is 0 Å². The van der Waals surface area contributed by atoms with Gasteiger partial charge >= 0.3 is 0 Å². The number of benzene rings is 2. The zero-order valence-electron chi connectivity index (χ0n) is 17.8. The van der Waals surface area contributed by atoms with Crippen LogP contribution in [0.3, 0.4) is 0 Å². The third-order valence-corrected chi connectivity index (χ3v) is 5.31. The molecule has 0 radical (unpaired) electrons. The summed E-state index contributed by atoms with van der Waals surface area (Å²) in [4.78, 5) is 19.4. The maximum absolute atomic E-state index is 13.2. The van der Waals surface area contributed by atoms with Gasteiger partial charge in [-0.2, -0.15) is 4.98 Å². The molecule has 31 heavy (non-hydrogen) atoms. The number of hydrogen-bond acceptors (Lipinski definition) is 7. The average Bonchev–Trinajstić information content (AvgIpc) is 3.47. The van der Waals surface area contributed by atoms with Crippen molar-refractivity contribution in [2.24, 2.45) is 0 Å². The highest BCUT2D eigenvalue weighted by Crippen LogP contribution is 2.34. The molecule has 0 N–H and O–H groups in total. The summed E-state index contributed by atoms with van der Waals surface area (Å²) in [6.45, 7) is 2.82. The van der Waals surface area contributed by atoms with Crippen molar-refractivity contribution in [2.45, 2.75) is 32.4 Å². The Morgan fingerprint density at radius 3 is 2.65 bits per heavy atom. The fourth-order valence-electron chi connectivity index (χ4n) is 3.65. The van der Waals surface area contributed by atoms with E-state index in [1.807, 2.05) is 31.2 Å². The molecule has 0 bridgehead atoms. The minimum atomic E-state index is -0.238. The lowest BCUT2D eigenvalue weighted by Gasteiger charge is -2.22. The number of ether oxygens (including phenoxy) is 3. The molecule has 1 aromatic heterocycles. The van der Waals surface area contributed by atoms with E-state index in [9.17, 15) is 4.79 Å². The van der Waals surface area contributed by atoms with Crippen molar-refractivity contribution < 1.29 is 23.5 Å². The van der Waals surface area contributed by atoms with Gasteiger partial charge in [0.05, 0.1) is 20.3 Å². The lowest BCUT2D eigenvalue weighted by atomic mass is 10.1. The van der Waals surface area contributed by atoms with Crippen molar-refractivity contribution in [2.75, 3.05) is 20.8 Å². The summed E-state index contributed by atoms with van der Waals surface area (Å²) >= 11 is 0. The number of methoxy groups -OCH3 is 2. The standard InChI is InChI=1S/C23H25N3O5/c1-15-6-9-17(10-7-15)30-14-21-24-22(25-31-21)18-5-4-12-26(18)23(27)16-8-11-19(28-2)20(13-16)29-3/h6-11,13,18H,4-5,12,14H2,1-3H3. The number of aromatic nitrogens is 2. The van der Waals surface area contributed by atoms with Gasteiger partial charge in [0.25, 0.3) is 11.8 Å². The number of carbonyl (C=O) groups excluding carboxylic acids is 1. The van der Waals surface area contributed by atoms with E-state index in [0.29, 0.717) is 35.3 Å². The van der Waals surface area contributed by atoms with E-state index in [-0.39, 0.29) is 18.6 Å². The van der Waals surface area contributed by atoms with Crippen LogP contribution in [0, 0.1) is 6.92 Å². The first kappa shape index (κ1) is 20.7. The van der Waals surface area contributed by atoms with Gasteiger partial charge in [-0.05, 0) is 50.1 Å². The highest BCUT2D eigenvalue weighted by Gasteiger charge is 2.34. The molecule has 0 aliphatic carbocycles. The fraction of sp³-hybridized carbons (Fsp3) is 0.348. The van der Waals surface area contributed by atoms with Crippen molar-refractivity contribution in [3.63, 3.8) is 0 Å². The monoisotopic (exact) mass is 423 g/mol. The van der Waals surface area contributed by atoms with Crippen LogP contribution in [-0.2, 0) is 6.61 Å². The van der Waals surface area contributed by atoms with Crippen LogP contribution in [0.4, 0.5) is 0 Å². The summed E-state index contributed by atoms with van der Waals surface area (Å²) in [6.07, 6.45) is 1.64. The van der Waals surface area contributed by atoms with Gasteiger partial charge in [-0.3, -0.25) is 4.79 Å². The van der Waals surface area contributed by atoms with Gasteiger partial charge in [0.2, 0.25) is 0 Å². The van der Waals surface area contributed by atoms with Gasteiger partial charge in [0, 0.05) is 12.1 Å². The molecule has 1 aliphatic heterocycles. The molecule has 1 unspecified atom stereocenters. The SMILES string of the molecule is COc1ccc(C(=O)N2CCCC2c2noc(COc3ccc(C)cc3)n2)cc1OC. The Morgan fingerprint density at radius 1 is 1.13 bits per heavy atom. The van der Waals surface area contributed by atoms with E-state index >= 15 is 0 Å². The van der Waals surface area contributed by atoms with Crippen molar-refractivity contribution in [3.8, 4) is 17.2 Å². The van der Waals surface area contributed by atoms with E-state index in [2.05, 4.69) is 10.1 Å². The Hall–Kier alpha value is -3.55. The minimum absolute atomic E-state index is 0.106. The van der Waals surface area contributed by atoms with Crippen LogP contribution in [0.25, 0.3) is 0 Å². The maximum Gasteiger partial charge on any atom is 0.264 e. The molecule has 8 nitrogen and oxygen atoms in total. The van der Waals surface area contributed by atoms with Gasteiger partial charge in [0.15, 0.2) is 23.9 Å². The first-order valence-corrected chi connectivity index (χ1v) is 10.1. The van der Waals surface area contributed by atoms with Crippen LogP contribution in [0.5, 0.6) is 17.2 Å². The van der Waals surface area contributed by atoms with Crippen molar-refractivity contribution >= 4 is 5.91 Å². The molecule has 1 aliphatic rings. The van der Waals surface area contributed by atoms with Crippen molar-refractivity contribution in [1.29, 1.82) is 0 Å². The Balaban J connectivity index is 1.46. The Labute approximate surface area is 180 Å². The smallest absolute Gasteiger partial charge is 0.264 e. The van der Waals surface area contributed by atoms with Gasteiger partial charge in [0.1, 0.15) is 5.75 Å². The molecule has 8 heteroatoms. The van der Waals surface area contributed by atoms with Crippen molar-refractivity contribution in [1.82, 2.24) is 15.0 Å². The Kier molecular flexibility index (Phi) is 6.06. The number of amides is 1. The molecule has 1 atom stereocenters. The second kappa shape index (κ2) is 9.07. The molecular weight excluding hydrogens is 398 g/mol. The first-order valence-electron chi connectivity index (χ1n) is 10.1. The number of hydrogen-bond donors (Lipinski definition) is 0. The maximum atomic E-state index is 13.2. The molecule has 1 saturated heterocycles. The van der Waals surface area contributed by atoms with Crippen LogP contribution in [0.15, 0.2) is 47.0 Å². The Bertz CT molecular complexity index is 1050. The van der Waals surface area contributed by atoms with E-state index < -0.39 is 0 Å². The number of likely N-dealkylation sites (tertiary alicyclic amines) is 1. The zero-order valence-corrected chi connectivity index (χ0v) is 17.8. The predicted octanol–water partition coefficient (Wildman–Crippen LogP) is 3.95. The van der Waals surface area contributed by atoms with E-state index in [1.54, 1.807) is 37.3 Å². The van der Waals surface area contributed by atoms with Gasteiger partial charge < -0.3 is 23.6 Å². The van der Waals surface area contributed by atoms with Crippen LogP contribution < -0.4 is 14.2 Å². The molecule has 4 rings (SSSR count). The molecule has 1 fully saturated rings. The van der Waals surface area contributed by atoms with E-state index in [0.717, 1.165) is 24.2 Å². The number of carbonyl (C=O) groups is 1. The normalized spacial score (nSPS) is 15.7. The van der Waals surface area contributed by atoms with E-state index in [4.69, 9.17) is 18.7 Å². The highest BCUT2D eigenvalue weighted by molar-refractivity contribution is 5.95. The summed E-state index contributed by atoms with van der Waals surface area (Å²) in [5, 5.41) is 4.11. The lowest BCUT2D eigenvalue weighted by molar-refractivity contribution is 0.0728. The summed E-state index contributed by atoms with van der Waals surface area (Å²) in [6, 6.07) is 12.7. The summed E-state index contributed by atoms with van der Waals surface area (Å²) < 4.78 is 21.7. The predicted molar refractivity (Wildman–Crippen MR) is 112 cm³/mol. The number of aryl methyl sites for hydroxylation is 1. The molecule has 0 saturated carbocycles. The average molecular weight is 423 g/mol. The number of rotatable bonds is 7. The van der Waals surface area contributed by atoms with Crippen LogP contribution in [-0.4, -0.2) is 41.7 Å². The second-order valence-corrected chi connectivity index (χ2v) is 7.37. The topological polar surface area (TPSA) is 86.9 Å². The Morgan fingerprint density at radius 2 is 1.90 bits per heavy atom. The minimum Gasteiger partial charge on any atom is -0.493 e. The molecule has 3 aromatic rings. The molecule has 162 valence electrons. The van der Waals surface area contributed by atoms with E-state index in [1.165, 1.54) is 0 Å². The third-order valence-electron chi connectivity index (χ3n) is 5.31. The summed E-state index contributed by atoms with van der Waals surface area (Å²) in [5.41, 5.74) is 1.68. The van der Waals surface area contributed by atoms with Gasteiger partial charge in [-0.15, -0.1) is 0 Å². The third kappa shape index (κ3) is 4.47. The van der Waals surface area contributed by atoms with Gasteiger partial charge in [-0.1, -0.05) is 22.9 Å². The largest absolute Gasteiger partial charge is 0.493 e. The summed E-state index contributed by atoms with van der Waals surface area (Å²) in [7, 11) is 3.11. The van der Waals surface area contributed by atoms with Crippen LogP contribution >= 0.6 is 0 Å². The summed E-state index contributed by atoms with van der Waals surface area (Å²) in [5.74, 6) is 2.59. The van der Waals surface area contributed by atoms with Crippen LogP contribution in [0.2, 0.25) is 0 Å². The lowest BCUT2D eigenvalue weighted by Crippen LogP contribution is -2.31.